The number of likely N-dealkylation sites (N-methyl/N-ethyl adjacent to an activating group) is 1. The van der Waals surface area contributed by atoms with Gasteiger partial charge in [0.05, 0.1) is 18.2 Å². The summed E-state index contributed by atoms with van der Waals surface area (Å²) in [5.41, 5.74) is 1.18. The topological polar surface area (TPSA) is 64.3 Å². The molecule has 0 radical (unpaired) electrons. The third-order valence-corrected chi connectivity index (χ3v) is 2.78. The fraction of sp³-hybridized carbons (Fsp3) is 0.429. The van der Waals surface area contributed by atoms with Gasteiger partial charge in [-0.15, -0.1) is 0 Å². The van der Waals surface area contributed by atoms with Crippen LogP contribution >= 0.6 is 0 Å². The zero-order chi connectivity index (χ0) is 13.4. The molecule has 0 unspecified atom stereocenters. The second-order valence-corrected chi connectivity index (χ2v) is 4.06. The Hall–Kier alpha value is -1.70. The molecule has 4 nitrogen and oxygen atoms in total. The Balaban J connectivity index is 2.60. The van der Waals surface area contributed by atoms with Crippen LogP contribution in [0, 0.1) is 11.3 Å². The van der Waals surface area contributed by atoms with Crippen LogP contribution in [0.1, 0.15) is 29.3 Å². The molecular formula is C14H18N2O2. The summed E-state index contributed by atoms with van der Waals surface area (Å²) in [6.45, 7) is 3.98. The second kappa shape index (κ2) is 7.59. The van der Waals surface area contributed by atoms with Gasteiger partial charge in [-0.3, -0.25) is 9.69 Å². The van der Waals surface area contributed by atoms with Crippen LogP contribution < -0.4 is 0 Å². The molecule has 0 aromatic heterocycles. The summed E-state index contributed by atoms with van der Waals surface area (Å²) in [5, 5.41) is 17.5. The molecular weight excluding hydrogens is 228 g/mol. The van der Waals surface area contributed by atoms with Crippen LogP contribution in [0.15, 0.2) is 24.3 Å². The summed E-state index contributed by atoms with van der Waals surface area (Å²) < 4.78 is 0. The van der Waals surface area contributed by atoms with Crippen molar-refractivity contribution in [2.75, 3.05) is 26.2 Å². The molecule has 0 spiro atoms. The number of benzene rings is 1. The van der Waals surface area contributed by atoms with Crippen molar-refractivity contribution in [2.45, 2.75) is 13.3 Å². The molecule has 0 saturated heterocycles. The molecule has 0 bridgehead atoms. The van der Waals surface area contributed by atoms with E-state index in [0.717, 1.165) is 13.1 Å². The molecule has 0 aliphatic carbocycles. The number of ketones is 1. The first kappa shape index (κ1) is 14.4. The monoisotopic (exact) mass is 246 g/mol. The summed E-state index contributed by atoms with van der Waals surface area (Å²) in [6, 6.07) is 8.69. The van der Waals surface area contributed by atoms with Crippen molar-refractivity contribution in [1.82, 2.24) is 4.90 Å². The fourth-order valence-corrected chi connectivity index (χ4v) is 1.67. The molecule has 1 aromatic rings. The molecule has 0 atom stereocenters. The van der Waals surface area contributed by atoms with E-state index in [0.29, 0.717) is 24.1 Å². The van der Waals surface area contributed by atoms with Gasteiger partial charge in [-0.25, -0.2) is 0 Å². The minimum absolute atomic E-state index is 0.0410. The zero-order valence-corrected chi connectivity index (χ0v) is 10.6. The van der Waals surface area contributed by atoms with Crippen molar-refractivity contribution in [3.8, 4) is 6.07 Å². The lowest BCUT2D eigenvalue weighted by Gasteiger charge is -2.18. The summed E-state index contributed by atoms with van der Waals surface area (Å²) in [5.74, 6) is 0.0410. The number of carbonyl (C=O) groups excluding carboxylic acids is 1. The van der Waals surface area contributed by atoms with E-state index in [1.807, 2.05) is 17.9 Å². The van der Waals surface area contributed by atoms with Gasteiger partial charge in [0.2, 0.25) is 0 Å². The highest BCUT2D eigenvalue weighted by Crippen LogP contribution is 2.05. The van der Waals surface area contributed by atoms with Gasteiger partial charge in [-0.2, -0.15) is 5.26 Å². The molecule has 1 aromatic carbocycles. The third kappa shape index (κ3) is 4.28. The maximum atomic E-state index is 12.0. The van der Waals surface area contributed by atoms with E-state index in [-0.39, 0.29) is 12.4 Å². The number of nitrogens with zero attached hydrogens (tertiary/aromatic N) is 2. The van der Waals surface area contributed by atoms with E-state index in [1.165, 1.54) is 0 Å². The van der Waals surface area contributed by atoms with Gasteiger partial charge in [0, 0.05) is 18.7 Å². The molecule has 0 saturated carbocycles. The average Bonchev–Trinajstić information content (AvgIpc) is 2.43. The minimum Gasteiger partial charge on any atom is -0.396 e. The number of rotatable bonds is 7. The van der Waals surface area contributed by atoms with Gasteiger partial charge < -0.3 is 5.11 Å². The smallest absolute Gasteiger partial charge is 0.176 e. The van der Waals surface area contributed by atoms with E-state index in [9.17, 15) is 4.79 Å². The Morgan fingerprint density at radius 1 is 1.39 bits per heavy atom. The second-order valence-electron chi connectivity index (χ2n) is 4.06. The Kier molecular flexibility index (Phi) is 6.06. The maximum absolute atomic E-state index is 12.0. The molecule has 0 amide bonds. The predicted octanol–water partition coefficient (Wildman–Crippen LogP) is 1.45. The number of aliphatic hydroxyl groups is 1. The van der Waals surface area contributed by atoms with Crippen LogP contribution in [0.5, 0.6) is 0 Å². The summed E-state index contributed by atoms with van der Waals surface area (Å²) >= 11 is 0. The number of hydrogen-bond donors (Lipinski definition) is 1. The fourth-order valence-electron chi connectivity index (χ4n) is 1.67. The van der Waals surface area contributed by atoms with E-state index in [1.54, 1.807) is 24.3 Å². The first-order valence-corrected chi connectivity index (χ1v) is 6.07. The SMILES string of the molecule is CCN(CCCO)CC(=O)c1ccc(C#N)cc1. The Labute approximate surface area is 107 Å². The molecule has 18 heavy (non-hydrogen) atoms. The van der Waals surface area contributed by atoms with E-state index < -0.39 is 0 Å². The summed E-state index contributed by atoms with van der Waals surface area (Å²) in [6.07, 6.45) is 0.675. The largest absolute Gasteiger partial charge is 0.396 e. The number of Topliss-reactive ketones (excluding diaryl/α,β-unsaturated/α-hetero) is 1. The highest BCUT2D eigenvalue weighted by atomic mass is 16.3. The predicted molar refractivity (Wildman–Crippen MR) is 69.3 cm³/mol. The first-order valence-electron chi connectivity index (χ1n) is 6.07. The van der Waals surface area contributed by atoms with Gasteiger partial charge >= 0.3 is 0 Å². The molecule has 4 heteroatoms. The van der Waals surface area contributed by atoms with E-state index in [4.69, 9.17) is 10.4 Å². The molecule has 0 aliphatic rings. The lowest BCUT2D eigenvalue weighted by Crippen LogP contribution is -2.31. The highest BCUT2D eigenvalue weighted by molar-refractivity contribution is 5.97. The lowest BCUT2D eigenvalue weighted by atomic mass is 10.1. The number of nitriles is 1. The molecule has 0 aliphatic heterocycles. The van der Waals surface area contributed by atoms with Gasteiger partial charge in [0.15, 0.2) is 5.78 Å². The van der Waals surface area contributed by atoms with Crippen LogP contribution in [0.3, 0.4) is 0 Å². The zero-order valence-electron chi connectivity index (χ0n) is 10.6. The van der Waals surface area contributed by atoms with Crippen molar-refractivity contribution in [3.63, 3.8) is 0 Å². The average molecular weight is 246 g/mol. The molecule has 96 valence electrons. The van der Waals surface area contributed by atoms with Crippen LogP contribution in [0.2, 0.25) is 0 Å². The number of carbonyl (C=O) groups is 1. The van der Waals surface area contributed by atoms with Crippen LogP contribution in [0.4, 0.5) is 0 Å². The third-order valence-electron chi connectivity index (χ3n) is 2.78. The van der Waals surface area contributed by atoms with Gasteiger partial charge in [0.1, 0.15) is 0 Å². The van der Waals surface area contributed by atoms with Gasteiger partial charge in [-0.1, -0.05) is 19.1 Å². The number of aliphatic hydroxyl groups excluding tert-OH is 1. The maximum Gasteiger partial charge on any atom is 0.176 e. The molecule has 0 fully saturated rings. The minimum atomic E-state index is 0.0410. The lowest BCUT2D eigenvalue weighted by molar-refractivity contribution is 0.0928. The highest BCUT2D eigenvalue weighted by Gasteiger charge is 2.10. The van der Waals surface area contributed by atoms with Gasteiger partial charge in [-0.05, 0) is 25.1 Å². The first-order chi connectivity index (χ1) is 8.71. The van der Waals surface area contributed by atoms with Crippen molar-refractivity contribution >= 4 is 5.78 Å². The summed E-state index contributed by atoms with van der Waals surface area (Å²) in [7, 11) is 0. The quantitative estimate of drug-likeness (QED) is 0.739. The molecule has 0 heterocycles. The standard InChI is InChI=1S/C14H18N2O2/c1-2-16(8-3-9-17)11-14(18)13-6-4-12(10-15)5-7-13/h4-7,17H,2-3,8-9,11H2,1H3. The van der Waals surface area contributed by atoms with Crippen molar-refractivity contribution in [3.05, 3.63) is 35.4 Å². The van der Waals surface area contributed by atoms with Crippen molar-refractivity contribution in [1.29, 1.82) is 5.26 Å². The van der Waals surface area contributed by atoms with Crippen LogP contribution in [-0.2, 0) is 0 Å². The van der Waals surface area contributed by atoms with Gasteiger partial charge in [0.25, 0.3) is 0 Å². The normalized spacial score (nSPS) is 10.3. The van der Waals surface area contributed by atoms with Crippen molar-refractivity contribution in [2.24, 2.45) is 0 Å². The van der Waals surface area contributed by atoms with E-state index in [2.05, 4.69) is 0 Å². The Bertz CT molecular complexity index is 420. The molecule has 1 rings (SSSR count). The molecule has 1 N–H and O–H groups in total. The van der Waals surface area contributed by atoms with Crippen LogP contribution in [0.25, 0.3) is 0 Å². The van der Waals surface area contributed by atoms with Crippen LogP contribution in [-0.4, -0.2) is 42.0 Å². The Morgan fingerprint density at radius 3 is 2.56 bits per heavy atom. The number of hydrogen-bond acceptors (Lipinski definition) is 4. The summed E-state index contributed by atoms with van der Waals surface area (Å²) in [4.78, 5) is 14.0. The Morgan fingerprint density at radius 2 is 2.06 bits per heavy atom. The van der Waals surface area contributed by atoms with Crippen molar-refractivity contribution < 1.29 is 9.90 Å². The van der Waals surface area contributed by atoms with E-state index >= 15 is 0 Å².